The van der Waals surface area contributed by atoms with Crippen LogP contribution in [-0.4, -0.2) is 11.4 Å². The van der Waals surface area contributed by atoms with Crippen LogP contribution in [0.2, 0.25) is 0 Å². The highest BCUT2D eigenvalue weighted by Gasteiger charge is 2.27. The fourth-order valence-corrected chi connectivity index (χ4v) is 3.83. The molecule has 3 rings (SSSR count). The van der Waals surface area contributed by atoms with Gasteiger partial charge in [-0.25, -0.2) is 4.39 Å². The van der Waals surface area contributed by atoms with Gasteiger partial charge in [0.2, 0.25) is 0 Å². The lowest BCUT2D eigenvalue weighted by Gasteiger charge is -2.12. The van der Waals surface area contributed by atoms with Crippen LogP contribution in [0.3, 0.4) is 0 Å². The summed E-state index contributed by atoms with van der Waals surface area (Å²) in [6.07, 6.45) is 1.88. The van der Waals surface area contributed by atoms with Gasteiger partial charge in [-0.15, -0.1) is 11.3 Å². The predicted octanol–water partition coefficient (Wildman–Crippen LogP) is 3.80. The van der Waals surface area contributed by atoms with Crippen molar-refractivity contribution in [2.24, 2.45) is 0 Å². The van der Waals surface area contributed by atoms with E-state index in [4.69, 9.17) is 0 Å². The smallest absolute Gasteiger partial charge is 0.260 e. The van der Waals surface area contributed by atoms with Crippen molar-refractivity contribution < 1.29 is 9.18 Å². The summed E-state index contributed by atoms with van der Waals surface area (Å²) in [7, 11) is 0. The molecule has 108 valence electrons. The minimum Gasteiger partial charge on any atom is -0.354 e. The van der Waals surface area contributed by atoms with Crippen LogP contribution in [0.5, 0.6) is 0 Å². The van der Waals surface area contributed by atoms with E-state index in [9.17, 15) is 9.18 Å². The van der Waals surface area contributed by atoms with Gasteiger partial charge in [0.1, 0.15) is 5.82 Å². The molecule has 1 aliphatic rings. The first kappa shape index (κ1) is 14.2. The van der Waals surface area contributed by atoms with Gasteiger partial charge in [0.05, 0.1) is 10.6 Å². The van der Waals surface area contributed by atoms with Crippen LogP contribution in [-0.2, 0) is 4.79 Å². The maximum absolute atomic E-state index is 13.6. The Morgan fingerprint density at radius 3 is 2.86 bits per heavy atom. The average molecular weight is 320 g/mol. The molecule has 2 aromatic rings. The zero-order valence-corrected chi connectivity index (χ0v) is 12.9. The Kier molecular flexibility index (Phi) is 3.98. The first-order valence-corrected chi connectivity index (χ1v) is 8.14. The van der Waals surface area contributed by atoms with E-state index in [1.54, 1.807) is 29.5 Å². The van der Waals surface area contributed by atoms with E-state index < -0.39 is 0 Å². The second kappa shape index (κ2) is 5.91. The molecule has 6 heteroatoms. The Balaban J connectivity index is 1.75. The third-order valence-corrected chi connectivity index (χ3v) is 5.05. The number of rotatable bonds is 3. The molecule has 0 bridgehead atoms. The van der Waals surface area contributed by atoms with Gasteiger partial charge in [-0.3, -0.25) is 4.79 Å². The molecule has 1 aromatic carbocycles. The van der Waals surface area contributed by atoms with E-state index in [1.807, 2.05) is 24.4 Å². The average Bonchev–Trinajstić information content (AvgIpc) is 3.00. The van der Waals surface area contributed by atoms with Crippen molar-refractivity contribution in [2.45, 2.75) is 12.4 Å². The number of thiophene rings is 1. The van der Waals surface area contributed by atoms with Gasteiger partial charge < -0.3 is 10.6 Å². The zero-order valence-electron chi connectivity index (χ0n) is 11.2. The summed E-state index contributed by atoms with van der Waals surface area (Å²) in [6, 6.07) is 8.43. The van der Waals surface area contributed by atoms with Gasteiger partial charge >= 0.3 is 0 Å². The Hall–Kier alpha value is -1.79. The van der Waals surface area contributed by atoms with Crippen LogP contribution in [0.1, 0.15) is 10.4 Å². The minimum atomic E-state index is -0.360. The highest BCUT2D eigenvalue weighted by Crippen LogP contribution is 2.32. The maximum Gasteiger partial charge on any atom is 0.260 e. The third kappa shape index (κ3) is 3.11. The second-order valence-electron chi connectivity index (χ2n) is 4.57. The van der Waals surface area contributed by atoms with Gasteiger partial charge in [-0.2, -0.15) is 0 Å². The molecule has 1 unspecified atom stereocenters. The number of nitrogens with one attached hydrogen (secondary N) is 2. The number of hydrogen-bond donors (Lipinski definition) is 2. The number of aryl methyl sites for hydroxylation is 1. The summed E-state index contributed by atoms with van der Waals surface area (Å²) < 4.78 is 13.6. The van der Waals surface area contributed by atoms with Crippen molar-refractivity contribution in [3.05, 3.63) is 56.9 Å². The highest BCUT2D eigenvalue weighted by atomic mass is 32.2. The number of hydrogen-bond acceptors (Lipinski definition) is 4. The fraction of sp³-hybridized carbons (Fsp3) is 0.133. The molecular formula is C15H13FN2OS2. The first-order valence-electron chi connectivity index (χ1n) is 6.38. The molecule has 0 spiro atoms. The topological polar surface area (TPSA) is 41.1 Å². The van der Waals surface area contributed by atoms with Crippen molar-refractivity contribution in [2.75, 3.05) is 5.32 Å². The monoisotopic (exact) mass is 320 g/mol. The standard InChI is InChI=1S/C15H13FN2OS2/c1-9-6-7-20-12(9)8-13-14(19)18-15(21-13)17-11-5-3-2-4-10(11)16/h2-8,15,17H,1H3,(H,18,19)/b13-8-. The summed E-state index contributed by atoms with van der Waals surface area (Å²) in [4.78, 5) is 13.7. The molecule has 21 heavy (non-hydrogen) atoms. The number of benzene rings is 1. The van der Waals surface area contributed by atoms with Crippen LogP contribution >= 0.6 is 23.1 Å². The molecular weight excluding hydrogens is 307 g/mol. The van der Waals surface area contributed by atoms with E-state index >= 15 is 0 Å². The van der Waals surface area contributed by atoms with Gasteiger partial charge in [-0.1, -0.05) is 23.9 Å². The molecule has 1 saturated heterocycles. The second-order valence-corrected chi connectivity index (χ2v) is 6.67. The predicted molar refractivity (Wildman–Crippen MR) is 86.6 cm³/mol. The number of carbonyl (C=O) groups excluding carboxylic acids is 1. The number of para-hydroxylation sites is 1. The Morgan fingerprint density at radius 1 is 1.33 bits per heavy atom. The summed E-state index contributed by atoms with van der Waals surface area (Å²) in [5.41, 5.74) is 1.16. The number of halogens is 1. The third-order valence-electron chi connectivity index (χ3n) is 3.06. The maximum atomic E-state index is 13.6. The molecule has 1 fully saturated rings. The quantitative estimate of drug-likeness (QED) is 0.845. The summed E-state index contributed by atoms with van der Waals surface area (Å²) in [6.45, 7) is 2.01. The molecule has 1 atom stereocenters. The number of carbonyl (C=O) groups is 1. The normalized spacial score (nSPS) is 19.8. The van der Waals surface area contributed by atoms with Crippen molar-refractivity contribution in [1.82, 2.24) is 5.32 Å². The Labute approximate surface area is 130 Å². The highest BCUT2D eigenvalue weighted by molar-refractivity contribution is 8.05. The van der Waals surface area contributed by atoms with E-state index in [2.05, 4.69) is 10.6 Å². The molecule has 3 nitrogen and oxygen atoms in total. The van der Waals surface area contributed by atoms with Gasteiger partial charge in [0.25, 0.3) is 5.91 Å². The molecule has 2 heterocycles. The van der Waals surface area contributed by atoms with Crippen LogP contribution in [0.25, 0.3) is 6.08 Å². The first-order chi connectivity index (χ1) is 10.1. The molecule has 2 N–H and O–H groups in total. The SMILES string of the molecule is Cc1ccsc1/C=C1\SC(Nc2ccccc2F)NC1=O. The zero-order chi connectivity index (χ0) is 14.8. The van der Waals surface area contributed by atoms with Gasteiger partial charge in [0, 0.05) is 4.88 Å². The fourth-order valence-electron chi connectivity index (χ4n) is 1.94. The van der Waals surface area contributed by atoms with E-state index in [1.165, 1.54) is 17.8 Å². The van der Waals surface area contributed by atoms with E-state index in [0.717, 1.165) is 10.4 Å². The lowest BCUT2D eigenvalue weighted by atomic mass is 10.3. The largest absolute Gasteiger partial charge is 0.354 e. The Bertz CT molecular complexity index is 711. The molecule has 1 aromatic heterocycles. The lowest BCUT2D eigenvalue weighted by Crippen LogP contribution is -2.31. The minimum absolute atomic E-state index is 0.137. The van der Waals surface area contributed by atoms with Crippen molar-refractivity contribution in [3.63, 3.8) is 0 Å². The van der Waals surface area contributed by atoms with Crippen molar-refractivity contribution in [1.29, 1.82) is 0 Å². The van der Waals surface area contributed by atoms with Crippen molar-refractivity contribution >= 4 is 40.8 Å². The van der Waals surface area contributed by atoms with Gasteiger partial charge in [0.15, 0.2) is 5.50 Å². The summed E-state index contributed by atoms with van der Waals surface area (Å²) in [5, 5.41) is 7.77. The molecule has 1 amide bonds. The molecule has 0 saturated carbocycles. The molecule has 0 aliphatic carbocycles. The van der Waals surface area contributed by atoms with Crippen LogP contribution in [0, 0.1) is 12.7 Å². The summed E-state index contributed by atoms with van der Waals surface area (Å²) in [5.74, 6) is -0.472. The van der Waals surface area contributed by atoms with E-state index in [-0.39, 0.29) is 17.2 Å². The van der Waals surface area contributed by atoms with Crippen LogP contribution in [0.4, 0.5) is 10.1 Å². The molecule has 0 radical (unpaired) electrons. The van der Waals surface area contributed by atoms with Crippen molar-refractivity contribution in [3.8, 4) is 0 Å². The number of amides is 1. The van der Waals surface area contributed by atoms with Gasteiger partial charge in [-0.05, 0) is 42.1 Å². The number of anilines is 1. The molecule has 1 aliphatic heterocycles. The lowest BCUT2D eigenvalue weighted by molar-refractivity contribution is -0.116. The Morgan fingerprint density at radius 2 is 2.14 bits per heavy atom. The van der Waals surface area contributed by atoms with Crippen LogP contribution in [0.15, 0.2) is 40.6 Å². The number of thioether (sulfide) groups is 1. The summed E-state index contributed by atoms with van der Waals surface area (Å²) >= 11 is 2.95. The van der Waals surface area contributed by atoms with E-state index in [0.29, 0.717) is 10.6 Å². The van der Waals surface area contributed by atoms with Crippen LogP contribution < -0.4 is 10.6 Å².